The van der Waals surface area contributed by atoms with Crippen LogP contribution in [0.3, 0.4) is 0 Å². The third-order valence-electron chi connectivity index (χ3n) is 4.33. The molecule has 0 aromatic carbocycles. The first-order valence-corrected chi connectivity index (χ1v) is 8.43. The van der Waals surface area contributed by atoms with E-state index in [2.05, 4.69) is 4.90 Å². The first kappa shape index (κ1) is 18.5. The minimum Gasteiger partial charge on any atom is -0.444 e. The van der Waals surface area contributed by atoms with Crippen molar-refractivity contribution in [3.8, 4) is 0 Å². The van der Waals surface area contributed by atoms with Crippen LogP contribution < -0.4 is 5.73 Å². The van der Waals surface area contributed by atoms with Gasteiger partial charge in [0.05, 0.1) is 5.92 Å². The number of primary amides is 1. The molecule has 1 unspecified atom stereocenters. The van der Waals surface area contributed by atoms with Crippen molar-refractivity contribution in [3.63, 3.8) is 0 Å². The van der Waals surface area contributed by atoms with Crippen LogP contribution in [-0.2, 0) is 14.3 Å². The van der Waals surface area contributed by atoms with Gasteiger partial charge < -0.3 is 20.3 Å². The summed E-state index contributed by atoms with van der Waals surface area (Å²) in [5.41, 5.74) is 4.79. The largest absolute Gasteiger partial charge is 0.444 e. The van der Waals surface area contributed by atoms with Crippen LogP contribution in [0.1, 0.15) is 27.2 Å². The van der Waals surface area contributed by atoms with Gasteiger partial charge in [0, 0.05) is 52.2 Å². The highest BCUT2D eigenvalue weighted by atomic mass is 16.6. The van der Waals surface area contributed by atoms with E-state index in [9.17, 15) is 14.4 Å². The maximum absolute atomic E-state index is 12.0. The number of hydrogen-bond acceptors (Lipinski definition) is 5. The van der Waals surface area contributed by atoms with Crippen molar-refractivity contribution in [2.45, 2.75) is 32.8 Å². The van der Waals surface area contributed by atoms with E-state index in [-0.39, 0.29) is 24.3 Å². The number of nitrogens with two attached hydrogens (primary N) is 1. The third kappa shape index (κ3) is 5.09. The highest BCUT2D eigenvalue weighted by Crippen LogP contribution is 2.17. The number of amides is 3. The predicted molar refractivity (Wildman–Crippen MR) is 88.1 cm³/mol. The molecule has 0 aromatic heterocycles. The van der Waals surface area contributed by atoms with E-state index in [0.717, 1.165) is 19.6 Å². The van der Waals surface area contributed by atoms with Crippen molar-refractivity contribution >= 4 is 17.9 Å². The lowest BCUT2D eigenvalue weighted by molar-refractivity contribution is -0.128. The van der Waals surface area contributed by atoms with Gasteiger partial charge in [-0.3, -0.25) is 14.5 Å². The first-order chi connectivity index (χ1) is 11.2. The third-order valence-corrected chi connectivity index (χ3v) is 4.33. The fraction of sp³-hybridized carbons (Fsp3) is 0.812. The van der Waals surface area contributed by atoms with Gasteiger partial charge in [0.25, 0.3) is 0 Å². The molecule has 2 N–H and O–H groups in total. The van der Waals surface area contributed by atoms with E-state index in [0.29, 0.717) is 26.2 Å². The Labute approximate surface area is 142 Å². The quantitative estimate of drug-likeness (QED) is 0.769. The summed E-state index contributed by atoms with van der Waals surface area (Å²) in [6, 6.07) is 0. The fourth-order valence-corrected chi connectivity index (χ4v) is 2.92. The van der Waals surface area contributed by atoms with E-state index in [1.54, 1.807) is 9.80 Å². The minimum atomic E-state index is -0.485. The van der Waals surface area contributed by atoms with Gasteiger partial charge >= 0.3 is 6.09 Å². The number of hydrogen-bond donors (Lipinski definition) is 1. The number of nitrogens with zero attached hydrogens (tertiary/aromatic N) is 3. The Bertz CT molecular complexity index is 495. The summed E-state index contributed by atoms with van der Waals surface area (Å²) in [7, 11) is 0. The summed E-state index contributed by atoms with van der Waals surface area (Å²) in [6.45, 7) is 10.1. The van der Waals surface area contributed by atoms with Crippen LogP contribution in [0.5, 0.6) is 0 Å². The van der Waals surface area contributed by atoms with Crippen LogP contribution in [0.15, 0.2) is 0 Å². The van der Waals surface area contributed by atoms with Gasteiger partial charge in [-0.25, -0.2) is 4.79 Å². The average molecular weight is 340 g/mol. The summed E-state index contributed by atoms with van der Waals surface area (Å²) in [6.07, 6.45) is -0.0527. The van der Waals surface area contributed by atoms with Crippen molar-refractivity contribution in [2.75, 3.05) is 45.8 Å². The van der Waals surface area contributed by atoms with Crippen LogP contribution in [0, 0.1) is 5.92 Å². The molecular formula is C16H28N4O4. The van der Waals surface area contributed by atoms with Gasteiger partial charge in [-0.05, 0) is 20.8 Å². The number of carbonyl (C=O) groups excluding carboxylic acids is 3. The molecule has 2 saturated heterocycles. The van der Waals surface area contributed by atoms with Crippen LogP contribution in [0.4, 0.5) is 4.79 Å². The van der Waals surface area contributed by atoms with Crippen LogP contribution in [-0.4, -0.2) is 84.0 Å². The monoisotopic (exact) mass is 340 g/mol. The van der Waals surface area contributed by atoms with Gasteiger partial charge in [-0.15, -0.1) is 0 Å². The number of likely N-dealkylation sites (tertiary alicyclic amines) is 1. The van der Waals surface area contributed by atoms with Gasteiger partial charge in [0.2, 0.25) is 11.8 Å². The van der Waals surface area contributed by atoms with Crippen molar-refractivity contribution in [1.29, 1.82) is 0 Å². The Morgan fingerprint density at radius 1 is 1.17 bits per heavy atom. The Morgan fingerprint density at radius 2 is 1.79 bits per heavy atom. The van der Waals surface area contributed by atoms with Crippen LogP contribution >= 0.6 is 0 Å². The molecule has 0 radical (unpaired) electrons. The molecule has 2 aliphatic heterocycles. The van der Waals surface area contributed by atoms with E-state index in [4.69, 9.17) is 10.5 Å². The molecule has 2 rings (SSSR count). The Hall–Kier alpha value is -1.83. The zero-order valence-corrected chi connectivity index (χ0v) is 14.8. The summed E-state index contributed by atoms with van der Waals surface area (Å²) in [5.74, 6) is -0.774. The van der Waals surface area contributed by atoms with Crippen LogP contribution in [0.2, 0.25) is 0 Å². The molecule has 2 fully saturated rings. The molecule has 136 valence electrons. The molecule has 0 aliphatic carbocycles. The second-order valence-corrected chi connectivity index (χ2v) is 7.45. The molecular weight excluding hydrogens is 312 g/mol. The number of carbonyl (C=O) groups is 3. The van der Waals surface area contributed by atoms with Gasteiger partial charge in [-0.2, -0.15) is 0 Å². The SMILES string of the molecule is CC(C)(C)OC(=O)N1CCN(CCN2CC(C(N)=O)CC2=O)CC1. The minimum absolute atomic E-state index is 0.00816. The molecule has 0 saturated carbocycles. The summed E-state index contributed by atoms with van der Waals surface area (Å²) < 4.78 is 5.37. The molecule has 1 atom stereocenters. The van der Waals surface area contributed by atoms with E-state index >= 15 is 0 Å². The van der Waals surface area contributed by atoms with Gasteiger partial charge in [0.15, 0.2) is 0 Å². The zero-order valence-electron chi connectivity index (χ0n) is 14.8. The lowest BCUT2D eigenvalue weighted by Crippen LogP contribution is -2.51. The highest BCUT2D eigenvalue weighted by molar-refractivity contribution is 5.88. The summed E-state index contributed by atoms with van der Waals surface area (Å²) >= 11 is 0. The summed E-state index contributed by atoms with van der Waals surface area (Å²) in [4.78, 5) is 40.7. The standard InChI is InChI=1S/C16H28N4O4/c1-16(2,3)24-15(23)19-7-4-18(5-8-19)6-9-20-11-12(14(17)22)10-13(20)21/h12H,4-11H2,1-3H3,(H2,17,22). The van der Waals surface area contributed by atoms with Crippen molar-refractivity contribution < 1.29 is 19.1 Å². The second-order valence-electron chi connectivity index (χ2n) is 7.45. The molecule has 2 heterocycles. The van der Waals surface area contributed by atoms with E-state index in [1.807, 2.05) is 20.8 Å². The fourth-order valence-electron chi connectivity index (χ4n) is 2.92. The molecule has 0 aromatic rings. The zero-order chi connectivity index (χ0) is 17.9. The lowest BCUT2D eigenvalue weighted by Gasteiger charge is -2.36. The topological polar surface area (TPSA) is 96.2 Å². The van der Waals surface area contributed by atoms with Crippen LogP contribution in [0.25, 0.3) is 0 Å². The molecule has 8 nitrogen and oxygen atoms in total. The maximum Gasteiger partial charge on any atom is 0.410 e. The Kier molecular flexibility index (Phi) is 5.69. The van der Waals surface area contributed by atoms with E-state index in [1.165, 1.54) is 0 Å². The smallest absolute Gasteiger partial charge is 0.410 e. The van der Waals surface area contributed by atoms with E-state index < -0.39 is 11.5 Å². The molecule has 0 spiro atoms. The number of ether oxygens (including phenoxy) is 1. The normalized spacial score (nSPS) is 22.8. The molecule has 3 amide bonds. The second kappa shape index (κ2) is 7.38. The van der Waals surface area contributed by atoms with Gasteiger partial charge in [-0.1, -0.05) is 0 Å². The Balaban J connectivity index is 1.71. The first-order valence-electron chi connectivity index (χ1n) is 8.43. The molecule has 24 heavy (non-hydrogen) atoms. The maximum atomic E-state index is 12.0. The van der Waals surface area contributed by atoms with Crippen molar-refractivity contribution in [1.82, 2.24) is 14.7 Å². The molecule has 0 bridgehead atoms. The number of piperazine rings is 1. The van der Waals surface area contributed by atoms with Gasteiger partial charge in [0.1, 0.15) is 5.60 Å². The van der Waals surface area contributed by atoms with Crippen molar-refractivity contribution in [2.24, 2.45) is 11.7 Å². The predicted octanol–water partition coefficient (Wildman–Crippen LogP) is -0.127. The highest BCUT2D eigenvalue weighted by Gasteiger charge is 2.33. The average Bonchev–Trinajstić information content (AvgIpc) is 2.85. The molecule has 2 aliphatic rings. The molecule has 8 heteroatoms. The lowest BCUT2D eigenvalue weighted by atomic mass is 10.1. The number of rotatable bonds is 4. The Morgan fingerprint density at radius 3 is 2.29 bits per heavy atom. The summed E-state index contributed by atoms with van der Waals surface area (Å²) in [5, 5.41) is 0. The van der Waals surface area contributed by atoms with Crippen molar-refractivity contribution in [3.05, 3.63) is 0 Å².